The van der Waals surface area contributed by atoms with E-state index in [9.17, 15) is 0 Å². The van der Waals surface area contributed by atoms with E-state index < -0.39 is 0 Å². The van der Waals surface area contributed by atoms with Crippen molar-refractivity contribution in [3.05, 3.63) is 197 Å². The zero-order chi connectivity index (χ0) is 66.3. The summed E-state index contributed by atoms with van der Waals surface area (Å²) in [5.41, 5.74) is 19.6. The minimum atomic E-state index is 0.110. The van der Waals surface area contributed by atoms with Gasteiger partial charge >= 0.3 is 11.7 Å². The second-order valence-corrected chi connectivity index (χ2v) is 29.8. The fourth-order valence-corrected chi connectivity index (χ4v) is 17.2. The van der Waals surface area contributed by atoms with Crippen LogP contribution in [0.3, 0.4) is 0 Å². The summed E-state index contributed by atoms with van der Waals surface area (Å²) >= 11 is 1.89. The molecule has 14 rings (SSSR count). The van der Waals surface area contributed by atoms with Crippen molar-refractivity contribution in [3.8, 4) is 0 Å². The lowest BCUT2D eigenvalue weighted by Gasteiger charge is -2.21. The molecule has 0 saturated heterocycles. The molecule has 0 fully saturated rings. The Kier molecular flexibility index (Phi) is 19.9. The molecule has 10 aromatic rings. The van der Waals surface area contributed by atoms with Gasteiger partial charge < -0.3 is 4.42 Å². The average molecular weight is 1240 g/mol. The van der Waals surface area contributed by atoms with Crippen molar-refractivity contribution in [2.75, 3.05) is 28.2 Å². The van der Waals surface area contributed by atoms with Crippen molar-refractivity contribution >= 4 is 99.9 Å². The summed E-state index contributed by atoms with van der Waals surface area (Å²) in [6, 6.07) is 56.0. The van der Waals surface area contributed by atoms with E-state index in [1.807, 2.05) is 48.8 Å². The van der Waals surface area contributed by atoms with E-state index in [0.29, 0.717) is 35.5 Å². The molecule has 474 valence electrons. The number of hydrogen-bond acceptors (Lipinski definition) is 3. The molecule has 7 heterocycles. The molecule has 9 heteroatoms. The topological polar surface area (TPSA) is 45.8 Å². The number of fused-ring (bicyclic) bond motifs is 7. The van der Waals surface area contributed by atoms with E-state index in [1.165, 1.54) is 98.9 Å². The van der Waals surface area contributed by atoms with Crippen molar-refractivity contribution < 1.29 is 31.9 Å². The normalized spacial score (nSPS) is 15.5. The Labute approximate surface area is 549 Å². The van der Waals surface area contributed by atoms with Crippen molar-refractivity contribution in [2.45, 2.75) is 153 Å². The van der Waals surface area contributed by atoms with E-state index in [-0.39, 0.29) is 16.2 Å². The fourth-order valence-electron chi connectivity index (χ4n) is 16.1. The van der Waals surface area contributed by atoms with Crippen LogP contribution in [0, 0.1) is 23.7 Å². The maximum Gasteiger partial charge on any atom is 0.350 e. The van der Waals surface area contributed by atoms with Gasteiger partial charge in [0.05, 0.1) is 51.4 Å². The molecule has 0 bridgehead atoms. The van der Waals surface area contributed by atoms with Gasteiger partial charge in [-0.05, 0) is 113 Å². The van der Waals surface area contributed by atoms with Gasteiger partial charge in [0.15, 0.2) is 17.1 Å². The van der Waals surface area contributed by atoms with Crippen LogP contribution in [-0.4, -0.2) is 74.3 Å². The highest BCUT2D eigenvalue weighted by Gasteiger charge is 2.48. The summed E-state index contributed by atoms with van der Waals surface area (Å²) in [5.74, 6) is 5.46. The summed E-state index contributed by atoms with van der Waals surface area (Å²) < 4.78 is 20.9. The predicted octanol–water partition coefficient (Wildman–Crippen LogP) is 19.4. The Bertz CT molecular complexity index is 4300. The first-order valence-corrected chi connectivity index (χ1v) is 34.1. The zero-order valence-electron chi connectivity index (χ0n) is 59.5. The lowest BCUT2D eigenvalue weighted by Crippen LogP contribution is -2.32. The van der Waals surface area contributed by atoms with E-state index in [0.717, 1.165) is 22.8 Å². The van der Waals surface area contributed by atoms with Crippen molar-refractivity contribution in [2.24, 2.45) is 37.8 Å². The minimum absolute atomic E-state index is 0.110. The van der Waals surface area contributed by atoms with Gasteiger partial charge in [0.1, 0.15) is 46.1 Å². The number of benzene rings is 7. The summed E-state index contributed by atoms with van der Waals surface area (Å²) in [7, 11) is 12.9. The van der Waals surface area contributed by atoms with Crippen LogP contribution in [0.2, 0.25) is 0 Å². The number of aromatic nitrogens is 3. The smallest absolute Gasteiger partial charge is 0.350 e. The van der Waals surface area contributed by atoms with Crippen molar-refractivity contribution in [1.82, 2.24) is 4.98 Å². The molecule has 0 N–H and O–H groups in total. The molecule has 91 heavy (non-hydrogen) atoms. The summed E-state index contributed by atoms with van der Waals surface area (Å²) in [6.07, 6.45) is 1.87. The molecular formula is C82H105N7OS+6. The number of oxazole rings is 1. The summed E-state index contributed by atoms with van der Waals surface area (Å²) in [4.78, 5) is 4.47. The van der Waals surface area contributed by atoms with Gasteiger partial charge in [0.2, 0.25) is 33.2 Å². The SMILES string of the molecule is CC(C)C1=[N+](C)c2ccc3ccccc3c2C1(C)C.CC(C)C1=[N+](C)c2cccc3cccc1c23.CC(C)C1=[N+](C)c2ccccc2C1(C)C.CC(C)C1=[N+](C)c2ncccc2C1(C)C.CC(C)c1oc2ccccc2[n+]1C.CC(C)c1sc2ccccc2[n+]1C. The van der Waals surface area contributed by atoms with Crippen LogP contribution in [-0.2, 0) is 30.3 Å². The van der Waals surface area contributed by atoms with Gasteiger partial charge in [-0.1, -0.05) is 172 Å². The number of pyridine rings is 1. The lowest BCUT2D eigenvalue weighted by atomic mass is 9.76. The second kappa shape index (κ2) is 26.8. The Morgan fingerprint density at radius 1 is 0.407 bits per heavy atom. The third-order valence-corrected chi connectivity index (χ3v) is 20.7. The molecular weight excluding hydrogens is 1130 g/mol. The maximum atomic E-state index is 5.72. The molecule has 0 unspecified atom stereocenters. The van der Waals surface area contributed by atoms with Gasteiger partial charge in [0, 0.05) is 71.0 Å². The molecule has 7 aromatic carbocycles. The zero-order valence-corrected chi connectivity index (χ0v) is 60.3. The molecule has 0 aliphatic carbocycles. The van der Waals surface area contributed by atoms with Gasteiger partial charge in [-0.25, -0.2) is 13.7 Å². The third kappa shape index (κ3) is 12.7. The predicted molar refractivity (Wildman–Crippen MR) is 388 cm³/mol. The highest BCUT2D eigenvalue weighted by molar-refractivity contribution is 7.18. The standard InChI is InChI=1S/C18H22N.C15H16N.C14H20N.C13H19N2.C11H14NO.C11H14NS/c1-12(2)17-18(3,4)16-14-9-7-6-8-13(14)10-11-15(16)19(17)5;1-10(2)15-12-8-4-6-11-7-5-9-13(14(11)12)16(15)3;1-10(2)13-14(3,4)11-8-6-7-9-12(11)15(13)5;1-9(2)11-13(3,4)10-7-6-8-14-12(10)15(11)5;2*1-8(2)11-12(3)9-6-4-5-7-10(9)13-11/h6-12H,1-5H3;4-10H,1-3H3;6-10H,1-5H3;6-9H,1-5H3;2*4-8H,1-3H3/q6*+1. The van der Waals surface area contributed by atoms with Crippen LogP contribution < -0.4 is 9.13 Å². The molecule has 0 amide bonds. The second-order valence-electron chi connectivity index (χ2n) is 28.8. The third-order valence-electron chi connectivity index (χ3n) is 19.2. The first kappa shape index (κ1) is 67.6. The van der Waals surface area contributed by atoms with Crippen LogP contribution in [0.4, 0.5) is 22.9 Å². The number of aryl methyl sites for hydroxylation is 2. The van der Waals surface area contributed by atoms with Gasteiger partial charge in [-0.2, -0.15) is 13.7 Å². The van der Waals surface area contributed by atoms with Crippen molar-refractivity contribution in [3.63, 3.8) is 0 Å². The minimum Gasteiger partial charge on any atom is -0.401 e. The molecule has 0 atom stereocenters. The monoisotopic (exact) mass is 1240 g/mol. The van der Waals surface area contributed by atoms with Crippen LogP contribution in [0.15, 0.2) is 168 Å². The molecule has 3 aromatic heterocycles. The Morgan fingerprint density at radius 2 is 0.934 bits per heavy atom. The Hall–Kier alpha value is -7.75. The first-order chi connectivity index (χ1) is 43.0. The number of thiazole rings is 1. The average Bonchev–Trinajstić information content (AvgIpc) is 1.60. The van der Waals surface area contributed by atoms with Crippen molar-refractivity contribution in [1.29, 1.82) is 0 Å². The number of para-hydroxylation sites is 4. The molecule has 0 radical (unpaired) electrons. The molecule has 4 aliphatic rings. The van der Waals surface area contributed by atoms with Crippen LogP contribution in [0.25, 0.3) is 42.9 Å². The van der Waals surface area contributed by atoms with E-state index in [4.69, 9.17) is 4.42 Å². The highest BCUT2D eigenvalue weighted by atomic mass is 32.1. The lowest BCUT2D eigenvalue weighted by molar-refractivity contribution is -0.659. The summed E-state index contributed by atoms with van der Waals surface area (Å²) in [6.45, 7) is 40.8. The number of rotatable bonds is 6. The van der Waals surface area contributed by atoms with E-state index >= 15 is 0 Å². The van der Waals surface area contributed by atoms with Gasteiger partial charge in [0.25, 0.3) is 5.52 Å². The molecule has 0 saturated carbocycles. The van der Waals surface area contributed by atoms with E-state index in [1.54, 1.807) is 0 Å². The highest BCUT2D eigenvalue weighted by Crippen LogP contribution is 2.46. The maximum absolute atomic E-state index is 5.72. The number of hydrogen-bond donors (Lipinski definition) is 0. The quantitative estimate of drug-likeness (QED) is 0.156. The largest absolute Gasteiger partial charge is 0.401 e. The molecule has 4 aliphatic heterocycles. The van der Waals surface area contributed by atoms with E-state index in [2.05, 4.69) is 326 Å². The van der Waals surface area contributed by atoms with Crippen LogP contribution in [0.5, 0.6) is 0 Å². The first-order valence-electron chi connectivity index (χ1n) is 33.2. The summed E-state index contributed by atoms with van der Waals surface area (Å²) in [5, 5.41) is 6.94. The van der Waals surface area contributed by atoms with Crippen LogP contribution in [0.1, 0.15) is 170 Å². The molecule has 8 nitrogen and oxygen atoms in total. The van der Waals surface area contributed by atoms with Gasteiger partial charge in [-0.15, -0.1) is 0 Å². The molecule has 0 spiro atoms. The fraction of sp³-hybridized carbons (Fsp3) is 0.402. The van der Waals surface area contributed by atoms with Crippen LogP contribution >= 0.6 is 11.3 Å². The Balaban J connectivity index is 0.000000130. The number of nitrogens with zero attached hydrogens (tertiary/aromatic N) is 7. The Morgan fingerprint density at radius 3 is 1.54 bits per heavy atom. The van der Waals surface area contributed by atoms with Gasteiger partial charge in [-0.3, -0.25) is 0 Å².